The van der Waals surface area contributed by atoms with Gasteiger partial charge in [-0.25, -0.2) is 0 Å². The van der Waals surface area contributed by atoms with E-state index in [1.807, 2.05) is 35.0 Å². The van der Waals surface area contributed by atoms with Gasteiger partial charge in [-0.15, -0.1) is 11.8 Å². The summed E-state index contributed by atoms with van der Waals surface area (Å²) in [7, 11) is 0. The van der Waals surface area contributed by atoms with Gasteiger partial charge in [0.2, 0.25) is 5.91 Å². The second-order valence-corrected chi connectivity index (χ2v) is 9.58. The SMILES string of the molecule is CC1(C)C[C@H](n2[nH]c(=O)c3c2NC(=O)CS[C@H]3c2cccc3cccnc23)CCO1. The highest BCUT2D eigenvalue weighted by Crippen LogP contribution is 2.43. The number of aromatic amines is 1. The third-order valence-electron chi connectivity index (χ3n) is 5.85. The fourth-order valence-electron chi connectivity index (χ4n) is 4.52. The van der Waals surface area contributed by atoms with E-state index in [-0.39, 0.29) is 34.1 Å². The first-order chi connectivity index (χ1) is 14.4. The summed E-state index contributed by atoms with van der Waals surface area (Å²) in [6, 6.07) is 9.96. The predicted octanol–water partition coefficient (Wildman–Crippen LogP) is 3.63. The Kier molecular flexibility index (Phi) is 4.71. The molecule has 0 saturated carbocycles. The van der Waals surface area contributed by atoms with Crippen molar-refractivity contribution in [1.29, 1.82) is 0 Å². The van der Waals surface area contributed by atoms with Crippen LogP contribution in [0.4, 0.5) is 5.82 Å². The van der Waals surface area contributed by atoms with Crippen LogP contribution < -0.4 is 10.9 Å². The van der Waals surface area contributed by atoms with E-state index in [0.29, 0.717) is 18.0 Å². The quantitative estimate of drug-likeness (QED) is 0.656. The lowest BCUT2D eigenvalue weighted by atomic mass is 9.94. The van der Waals surface area contributed by atoms with Gasteiger partial charge in [-0.1, -0.05) is 24.3 Å². The predicted molar refractivity (Wildman–Crippen MR) is 118 cm³/mol. The zero-order valence-electron chi connectivity index (χ0n) is 17.0. The average molecular weight is 425 g/mol. The molecule has 0 aliphatic carbocycles. The van der Waals surface area contributed by atoms with E-state index < -0.39 is 0 Å². The second-order valence-electron chi connectivity index (χ2n) is 8.49. The molecule has 2 aliphatic heterocycles. The Bertz CT molecular complexity index is 1180. The van der Waals surface area contributed by atoms with Crippen molar-refractivity contribution < 1.29 is 9.53 Å². The lowest BCUT2D eigenvalue weighted by Gasteiger charge is -2.36. The Morgan fingerprint density at radius 1 is 1.23 bits per heavy atom. The minimum Gasteiger partial charge on any atom is -0.375 e. The highest BCUT2D eigenvalue weighted by molar-refractivity contribution is 8.00. The fraction of sp³-hybridized carbons (Fsp3) is 0.409. The first kappa shape index (κ1) is 19.4. The molecule has 2 atom stereocenters. The van der Waals surface area contributed by atoms with Gasteiger partial charge in [0.15, 0.2) is 0 Å². The van der Waals surface area contributed by atoms with Crippen LogP contribution in [-0.4, -0.2) is 38.6 Å². The van der Waals surface area contributed by atoms with Crippen LogP contribution in [0.25, 0.3) is 10.9 Å². The number of H-pyrrole nitrogens is 1. The number of carbonyl (C=O) groups is 1. The number of aromatic nitrogens is 3. The van der Waals surface area contributed by atoms with Gasteiger partial charge in [-0.2, -0.15) is 0 Å². The van der Waals surface area contributed by atoms with Crippen LogP contribution in [0, 0.1) is 0 Å². The molecule has 0 unspecified atom stereocenters. The van der Waals surface area contributed by atoms with Crippen molar-refractivity contribution in [3.63, 3.8) is 0 Å². The molecule has 1 fully saturated rings. The Balaban J connectivity index is 1.66. The minimum atomic E-state index is -0.282. The van der Waals surface area contributed by atoms with Gasteiger partial charge in [0.1, 0.15) is 5.82 Å². The molecule has 7 nitrogen and oxygen atoms in total. The first-order valence-electron chi connectivity index (χ1n) is 10.2. The molecule has 156 valence electrons. The molecule has 0 radical (unpaired) electrons. The Hall–Kier alpha value is -2.58. The summed E-state index contributed by atoms with van der Waals surface area (Å²) in [6.45, 7) is 4.73. The number of rotatable bonds is 2. The monoisotopic (exact) mass is 424 g/mol. The summed E-state index contributed by atoms with van der Waals surface area (Å²) in [5.74, 6) is 0.757. The number of ether oxygens (including phenoxy) is 1. The molecule has 1 amide bonds. The lowest BCUT2D eigenvalue weighted by Crippen LogP contribution is -2.36. The molecule has 1 aromatic carbocycles. The molecular weight excluding hydrogens is 400 g/mol. The molecule has 5 rings (SSSR count). The van der Waals surface area contributed by atoms with Gasteiger partial charge in [-0.3, -0.25) is 24.4 Å². The van der Waals surface area contributed by atoms with Gasteiger partial charge in [0.05, 0.1) is 33.7 Å². The molecular formula is C22H24N4O3S. The molecule has 4 heterocycles. The molecule has 8 heteroatoms. The zero-order chi connectivity index (χ0) is 20.9. The van der Waals surface area contributed by atoms with E-state index in [4.69, 9.17) is 4.74 Å². The average Bonchev–Trinajstić information content (AvgIpc) is 2.93. The summed E-state index contributed by atoms with van der Waals surface area (Å²) >= 11 is 1.47. The summed E-state index contributed by atoms with van der Waals surface area (Å²) in [4.78, 5) is 30.3. The number of nitrogens with zero attached hydrogens (tertiary/aromatic N) is 2. The Labute approximate surface area is 178 Å². The topological polar surface area (TPSA) is 89.0 Å². The maximum atomic E-state index is 13.2. The lowest BCUT2D eigenvalue weighted by molar-refractivity contribution is -0.113. The number of carbonyl (C=O) groups excluding carboxylic acids is 1. The van der Waals surface area contributed by atoms with E-state index in [1.165, 1.54) is 11.8 Å². The van der Waals surface area contributed by atoms with Crippen molar-refractivity contribution >= 4 is 34.4 Å². The van der Waals surface area contributed by atoms with Crippen molar-refractivity contribution in [2.24, 2.45) is 0 Å². The number of para-hydroxylation sites is 1. The third kappa shape index (κ3) is 3.33. The number of fused-ring (bicyclic) bond motifs is 2. The normalized spacial score (nSPS) is 23.6. The minimum absolute atomic E-state index is 0.0555. The van der Waals surface area contributed by atoms with Crippen molar-refractivity contribution in [2.45, 2.75) is 43.6 Å². The summed E-state index contributed by atoms with van der Waals surface area (Å²) in [5, 5.41) is 6.75. The largest absolute Gasteiger partial charge is 0.375 e. The summed E-state index contributed by atoms with van der Waals surface area (Å²) < 4.78 is 7.71. The molecule has 0 bridgehead atoms. The number of hydrogen-bond donors (Lipinski definition) is 2. The number of pyridine rings is 1. The first-order valence-corrected chi connectivity index (χ1v) is 11.2. The van der Waals surface area contributed by atoms with Crippen LogP contribution in [-0.2, 0) is 9.53 Å². The number of benzene rings is 1. The van der Waals surface area contributed by atoms with Crippen LogP contribution in [0.3, 0.4) is 0 Å². The van der Waals surface area contributed by atoms with E-state index in [9.17, 15) is 9.59 Å². The molecule has 2 aliphatic rings. The third-order valence-corrected chi connectivity index (χ3v) is 7.10. The summed E-state index contributed by atoms with van der Waals surface area (Å²) in [5.41, 5.74) is 1.96. The highest BCUT2D eigenvalue weighted by atomic mass is 32.2. The van der Waals surface area contributed by atoms with Gasteiger partial charge < -0.3 is 10.1 Å². The van der Waals surface area contributed by atoms with Crippen LogP contribution >= 0.6 is 11.8 Å². The second kappa shape index (κ2) is 7.28. The number of amides is 1. The van der Waals surface area contributed by atoms with Crippen LogP contribution in [0.5, 0.6) is 0 Å². The van der Waals surface area contributed by atoms with Gasteiger partial charge >= 0.3 is 0 Å². The number of thioether (sulfide) groups is 1. The van der Waals surface area contributed by atoms with E-state index in [1.54, 1.807) is 6.20 Å². The van der Waals surface area contributed by atoms with Gasteiger partial charge in [0, 0.05) is 18.2 Å². The molecule has 0 spiro atoms. The van der Waals surface area contributed by atoms with Crippen molar-refractivity contribution in [3.05, 3.63) is 58.0 Å². The fourth-order valence-corrected chi connectivity index (χ4v) is 5.67. The maximum Gasteiger partial charge on any atom is 0.270 e. The Morgan fingerprint density at radius 3 is 2.90 bits per heavy atom. The molecule has 2 aromatic heterocycles. The van der Waals surface area contributed by atoms with Crippen LogP contribution in [0.15, 0.2) is 41.3 Å². The van der Waals surface area contributed by atoms with Crippen LogP contribution in [0.2, 0.25) is 0 Å². The van der Waals surface area contributed by atoms with Crippen LogP contribution in [0.1, 0.15) is 49.1 Å². The smallest absolute Gasteiger partial charge is 0.270 e. The van der Waals surface area contributed by atoms with E-state index in [0.717, 1.165) is 29.3 Å². The number of anilines is 1. The maximum absolute atomic E-state index is 13.2. The van der Waals surface area contributed by atoms with Gasteiger partial charge in [-0.05, 0) is 38.3 Å². The van der Waals surface area contributed by atoms with Crippen molar-refractivity contribution in [2.75, 3.05) is 17.7 Å². The standard InChI is InChI=1S/C22H24N4O3S/c1-22(2)11-14(8-10-29-22)26-20-17(21(28)25-26)19(30-12-16(27)24-20)15-7-3-5-13-6-4-9-23-18(13)15/h3-7,9,14,19H,8,10-12H2,1-2H3,(H,24,27)(H,25,28)/t14-,19+/m1/s1. The molecule has 3 aromatic rings. The molecule has 2 N–H and O–H groups in total. The number of hydrogen-bond acceptors (Lipinski definition) is 5. The molecule has 1 saturated heterocycles. The molecule has 30 heavy (non-hydrogen) atoms. The summed E-state index contributed by atoms with van der Waals surface area (Å²) in [6.07, 6.45) is 3.30. The Morgan fingerprint density at radius 2 is 2.07 bits per heavy atom. The number of nitrogens with one attached hydrogen (secondary N) is 2. The highest BCUT2D eigenvalue weighted by Gasteiger charge is 2.36. The van der Waals surface area contributed by atoms with E-state index >= 15 is 0 Å². The van der Waals surface area contributed by atoms with Gasteiger partial charge in [0.25, 0.3) is 5.56 Å². The van der Waals surface area contributed by atoms with Crippen molar-refractivity contribution in [3.8, 4) is 0 Å². The van der Waals surface area contributed by atoms with E-state index in [2.05, 4.69) is 29.2 Å². The zero-order valence-corrected chi connectivity index (χ0v) is 17.8. The van der Waals surface area contributed by atoms with Crippen molar-refractivity contribution in [1.82, 2.24) is 14.8 Å².